The summed E-state index contributed by atoms with van der Waals surface area (Å²) >= 11 is 0. The van der Waals surface area contributed by atoms with Crippen molar-refractivity contribution >= 4 is 5.91 Å². The molecule has 1 saturated heterocycles. The van der Waals surface area contributed by atoms with E-state index >= 15 is 0 Å². The number of hydrogen-bond donors (Lipinski definition) is 0. The second kappa shape index (κ2) is 7.45. The zero-order valence-electron chi connectivity index (χ0n) is 17.3. The molecule has 0 bridgehead atoms. The number of carbonyl (C=O) groups excluding carboxylic acids is 1. The van der Waals surface area contributed by atoms with E-state index in [-0.39, 0.29) is 18.1 Å². The predicted octanol–water partition coefficient (Wildman–Crippen LogP) is 3.07. The Morgan fingerprint density at radius 3 is 2.70 bits per heavy atom. The molecule has 0 N–H and O–H groups in total. The van der Waals surface area contributed by atoms with Gasteiger partial charge in [-0.1, -0.05) is 5.21 Å². The predicted molar refractivity (Wildman–Crippen MR) is 110 cm³/mol. The van der Waals surface area contributed by atoms with E-state index in [0.717, 1.165) is 44.1 Å². The molecular weight excluding hydrogens is 378 g/mol. The zero-order valence-corrected chi connectivity index (χ0v) is 17.3. The lowest BCUT2D eigenvalue weighted by Crippen LogP contribution is -2.38. The maximum atomic E-state index is 13.0. The molecule has 4 atom stereocenters. The van der Waals surface area contributed by atoms with Crippen LogP contribution in [0.25, 0.3) is 0 Å². The Morgan fingerprint density at radius 1 is 1.13 bits per heavy atom. The van der Waals surface area contributed by atoms with E-state index < -0.39 is 0 Å². The molecule has 4 fully saturated rings. The second-order valence-corrected chi connectivity index (χ2v) is 9.72. The molecule has 158 valence electrons. The van der Waals surface area contributed by atoms with Gasteiger partial charge < -0.3 is 9.64 Å². The minimum Gasteiger partial charge on any atom is -0.376 e. The van der Waals surface area contributed by atoms with Gasteiger partial charge in [0.05, 0.1) is 23.4 Å². The van der Waals surface area contributed by atoms with Crippen LogP contribution in [0.1, 0.15) is 66.5 Å². The van der Waals surface area contributed by atoms with Crippen LogP contribution in [0.3, 0.4) is 0 Å². The fourth-order valence-corrected chi connectivity index (χ4v) is 5.25. The first kappa shape index (κ1) is 18.5. The van der Waals surface area contributed by atoms with Crippen molar-refractivity contribution in [1.29, 1.82) is 0 Å². The van der Waals surface area contributed by atoms with Crippen molar-refractivity contribution in [3.05, 3.63) is 42.0 Å². The van der Waals surface area contributed by atoms with Crippen molar-refractivity contribution in [3.63, 3.8) is 0 Å². The van der Waals surface area contributed by atoms with Gasteiger partial charge in [0, 0.05) is 44.2 Å². The number of ether oxygens (including phenoxy) is 1. The van der Waals surface area contributed by atoms with Crippen LogP contribution < -0.4 is 0 Å². The van der Waals surface area contributed by atoms with Crippen LogP contribution in [0.15, 0.2) is 30.7 Å². The normalized spacial score (nSPS) is 31.0. The average Bonchev–Trinajstić information content (AvgIpc) is 3.71. The molecule has 0 spiro atoms. The van der Waals surface area contributed by atoms with Crippen molar-refractivity contribution in [3.8, 4) is 0 Å². The monoisotopic (exact) mass is 407 g/mol. The van der Waals surface area contributed by atoms with Crippen LogP contribution in [0.5, 0.6) is 0 Å². The zero-order chi connectivity index (χ0) is 20.1. The van der Waals surface area contributed by atoms with Crippen LogP contribution in [0.4, 0.5) is 0 Å². The first-order chi connectivity index (χ1) is 14.7. The van der Waals surface area contributed by atoms with Crippen LogP contribution in [-0.4, -0.2) is 56.6 Å². The minimum atomic E-state index is 0.0984. The number of aromatic nitrogens is 4. The van der Waals surface area contributed by atoms with E-state index in [4.69, 9.17) is 4.74 Å². The highest BCUT2D eigenvalue weighted by Crippen LogP contribution is 2.44. The Bertz CT molecular complexity index is 907. The quantitative estimate of drug-likeness (QED) is 0.736. The van der Waals surface area contributed by atoms with Gasteiger partial charge in [0.1, 0.15) is 0 Å². The van der Waals surface area contributed by atoms with Gasteiger partial charge in [-0.05, 0) is 68.4 Å². The topological polar surface area (TPSA) is 73.1 Å². The molecule has 0 unspecified atom stereocenters. The highest BCUT2D eigenvalue weighted by molar-refractivity contribution is 5.94. The van der Waals surface area contributed by atoms with Gasteiger partial charge in [-0.3, -0.25) is 9.78 Å². The van der Waals surface area contributed by atoms with Gasteiger partial charge in [0.25, 0.3) is 5.91 Å². The van der Waals surface area contributed by atoms with E-state index in [0.29, 0.717) is 23.3 Å². The minimum absolute atomic E-state index is 0.0984. The van der Waals surface area contributed by atoms with Crippen LogP contribution >= 0.6 is 0 Å². The number of amides is 1. The summed E-state index contributed by atoms with van der Waals surface area (Å²) in [6.07, 6.45) is 12.8. The smallest absolute Gasteiger partial charge is 0.255 e. The molecule has 0 radical (unpaired) electrons. The van der Waals surface area contributed by atoms with Gasteiger partial charge >= 0.3 is 0 Å². The van der Waals surface area contributed by atoms with Crippen molar-refractivity contribution in [2.75, 3.05) is 19.7 Å². The molecule has 3 heterocycles. The van der Waals surface area contributed by atoms with Crippen LogP contribution in [0.2, 0.25) is 0 Å². The van der Waals surface area contributed by atoms with Crippen LogP contribution in [0, 0.1) is 17.8 Å². The van der Waals surface area contributed by atoms with E-state index in [1.165, 1.54) is 25.7 Å². The summed E-state index contributed by atoms with van der Waals surface area (Å²) in [5.41, 5.74) is 1.82. The third-order valence-electron chi connectivity index (χ3n) is 7.39. The van der Waals surface area contributed by atoms with Crippen LogP contribution in [-0.2, 0) is 4.74 Å². The number of nitrogens with zero attached hydrogens (tertiary/aromatic N) is 5. The molecule has 2 aromatic rings. The summed E-state index contributed by atoms with van der Waals surface area (Å²) in [5, 5.41) is 8.96. The molecule has 1 amide bonds. The summed E-state index contributed by atoms with van der Waals surface area (Å²) in [6.45, 7) is 2.49. The number of carbonyl (C=O) groups is 1. The first-order valence-corrected chi connectivity index (χ1v) is 11.5. The van der Waals surface area contributed by atoms with Crippen molar-refractivity contribution < 1.29 is 9.53 Å². The second-order valence-electron chi connectivity index (χ2n) is 9.72. The highest BCUT2D eigenvalue weighted by atomic mass is 16.5. The average molecular weight is 408 g/mol. The van der Waals surface area contributed by atoms with Crippen molar-refractivity contribution in [2.45, 2.75) is 56.6 Å². The van der Waals surface area contributed by atoms with Crippen molar-refractivity contribution in [1.82, 2.24) is 24.9 Å². The Kier molecular flexibility index (Phi) is 4.59. The molecule has 6 rings (SSSR count). The molecule has 7 heteroatoms. The third kappa shape index (κ3) is 3.64. The molecule has 30 heavy (non-hydrogen) atoms. The van der Waals surface area contributed by atoms with Gasteiger partial charge in [-0.2, -0.15) is 0 Å². The van der Waals surface area contributed by atoms with E-state index in [1.54, 1.807) is 12.4 Å². The SMILES string of the molecule is O=C(c1cccnc1)N1C[C@H]2C[C@@H](n3cc(C4CC4)nn3)[C@H](OCC3CC3)C[C@H]2C1. The Morgan fingerprint density at radius 2 is 1.97 bits per heavy atom. The molecule has 3 saturated carbocycles. The summed E-state index contributed by atoms with van der Waals surface area (Å²) in [5.74, 6) is 2.44. The molecule has 3 aliphatic carbocycles. The third-order valence-corrected chi connectivity index (χ3v) is 7.39. The lowest BCUT2D eigenvalue weighted by atomic mass is 9.77. The standard InChI is InChI=1S/C23H29N5O2/c29-23(17-2-1-7-24-10-17)27-11-18-8-21(28-13-20(25-26-28)16-5-6-16)22(9-19(18)12-27)30-14-15-3-4-15/h1-2,7,10,13,15-16,18-19,21-22H,3-6,8-9,11-12,14H2/t18-,19+,21-,22-/m1/s1. The number of fused-ring (bicyclic) bond motifs is 1. The lowest BCUT2D eigenvalue weighted by molar-refractivity contribution is -0.0375. The van der Waals surface area contributed by atoms with E-state index in [2.05, 4.69) is 26.2 Å². The summed E-state index contributed by atoms with van der Waals surface area (Å²) in [7, 11) is 0. The van der Waals surface area contributed by atoms with Gasteiger partial charge in [0.15, 0.2) is 0 Å². The molecule has 4 aliphatic rings. The van der Waals surface area contributed by atoms with E-state index in [9.17, 15) is 4.79 Å². The summed E-state index contributed by atoms with van der Waals surface area (Å²) < 4.78 is 8.52. The lowest BCUT2D eigenvalue weighted by Gasteiger charge is -2.37. The number of rotatable bonds is 6. The number of likely N-dealkylation sites (tertiary alicyclic amines) is 1. The number of pyridine rings is 1. The first-order valence-electron chi connectivity index (χ1n) is 11.5. The maximum Gasteiger partial charge on any atom is 0.255 e. The van der Waals surface area contributed by atoms with Gasteiger partial charge in [0.2, 0.25) is 0 Å². The van der Waals surface area contributed by atoms with E-state index in [1.807, 2.05) is 17.0 Å². The molecule has 0 aromatic carbocycles. The summed E-state index contributed by atoms with van der Waals surface area (Å²) in [6, 6.07) is 3.91. The number of hydrogen-bond acceptors (Lipinski definition) is 5. The van der Waals surface area contributed by atoms with Gasteiger partial charge in [-0.25, -0.2) is 4.68 Å². The molecule has 1 aliphatic heterocycles. The maximum absolute atomic E-state index is 13.0. The molecular formula is C23H29N5O2. The molecule has 7 nitrogen and oxygen atoms in total. The van der Waals surface area contributed by atoms with Gasteiger partial charge in [-0.15, -0.1) is 5.10 Å². The Hall–Kier alpha value is -2.28. The Balaban J connectivity index is 1.19. The molecule has 2 aromatic heterocycles. The largest absolute Gasteiger partial charge is 0.376 e. The Labute approximate surface area is 176 Å². The fourth-order valence-electron chi connectivity index (χ4n) is 5.25. The summed E-state index contributed by atoms with van der Waals surface area (Å²) in [4.78, 5) is 19.1. The fraction of sp³-hybridized carbons (Fsp3) is 0.652. The highest BCUT2D eigenvalue weighted by Gasteiger charge is 2.45. The van der Waals surface area contributed by atoms with Crippen molar-refractivity contribution in [2.24, 2.45) is 17.8 Å².